The van der Waals surface area contributed by atoms with Gasteiger partial charge in [-0.2, -0.15) is 0 Å². The Hall–Kier alpha value is -3.49. The number of fused-ring (bicyclic) bond motifs is 3. The number of hydrogen-bond donors (Lipinski definition) is 2. The number of carbonyl (C=O) groups excluding carboxylic acids is 2. The van der Waals surface area contributed by atoms with Crippen LogP contribution in [0.15, 0.2) is 48.5 Å². The molecule has 1 saturated heterocycles. The summed E-state index contributed by atoms with van der Waals surface area (Å²) in [6.45, 7) is -0.0248. The number of carboxylic acids is 1. The highest BCUT2D eigenvalue weighted by molar-refractivity contribution is 5.82. The van der Waals surface area contributed by atoms with E-state index in [2.05, 4.69) is 5.32 Å². The van der Waals surface area contributed by atoms with E-state index in [1.807, 2.05) is 48.5 Å². The minimum absolute atomic E-state index is 0.109. The first kappa shape index (κ1) is 22.7. The number of benzene rings is 2. The highest BCUT2D eigenvalue weighted by Gasteiger charge is 2.53. The fourth-order valence-corrected chi connectivity index (χ4v) is 4.49. The minimum Gasteiger partial charge on any atom is -0.481 e. The van der Waals surface area contributed by atoms with Crippen molar-refractivity contribution in [3.05, 3.63) is 59.7 Å². The van der Waals surface area contributed by atoms with Crippen LogP contribution in [0.25, 0.3) is 11.1 Å². The third-order valence-corrected chi connectivity index (χ3v) is 6.24. The van der Waals surface area contributed by atoms with Crippen molar-refractivity contribution in [2.75, 3.05) is 26.2 Å². The molecule has 2 aromatic carbocycles. The van der Waals surface area contributed by atoms with E-state index in [4.69, 9.17) is 9.84 Å². The lowest BCUT2D eigenvalue weighted by Gasteiger charge is -2.21. The number of likely N-dealkylation sites (tertiary alicyclic amines) is 1. The Kier molecular flexibility index (Phi) is 6.05. The van der Waals surface area contributed by atoms with E-state index in [9.17, 15) is 23.2 Å². The standard InChI is InChI=1S/C24H24F2N2O5/c1-14(21(29)28-11-20(22(30)31)24(25,26)13-28)10-27-23(32)33-12-19-17-8-4-2-6-15(17)16-7-3-5-9-18(16)19/h2-9,14,19-20H,10-13H2,1H3,(H,27,32)(H,30,31). The predicted molar refractivity (Wildman–Crippen MR) is 115 cm³/mol. The Balaban J connectivity index is 1.31. The highest BCUT2D eigenvalue weighted by atomic mass is 19.3. The summed E-state index contributed by atoms with van der Waals surface area (Å²) in [5.41, 5.74) is 4.34. The van der Waals surface area contributed by atoms with Crippen molar-refractivity contribution in [1.82, 2.24) is 10.2 Å². The number of rotatable bonds is 6. The fourth-order valence-electron chi connectivity index (χ4n) is 4.49. The van der Waals surface area contributed by atoms with Crippen LogP contribution in [-0.4, -0.2) is 60.1 Å². The summed E-state index contributed by atoms with van der Waals surface area (Å²) < 4.78 is 33.1. The van der Waals surface area contributed by atoms with Crippen molar-refractivity contribution in [1.29, 1.82) is 0 Å². The number of halogens is 2. The molecule has 1 aliphatic carbocycles. The van der Waals surface area contributed by atoms with E-state index >= 15 is 0 Å². The SMILES string of the molecule is CC(CNC(=O)OCC1c2ccccc2-c2ccccc21)C(=O)N1CC(C(=O)O)C(F)(F)C1. The molecular weight excluding hydrogens is 434 g/mol. The molecule has 2 atom stereocenters. The lowest BCUT2D eigenvalue weighted by atomic mass is 9.98. The Labute approximate surface area is 189 Å². The van der Waals surface area contributed by atoms with Gasteiger partial charge in [-0.25, -0.2) is 13.6 Å². The van der Waals surface area contributed by atoms with Gasteiger partial charge in [-0.15, -0.1) is 0 Å². The predicted octanol–water partition coefficient (Wildman–Crippen LogP) is 3.34. The molecule has 0 saturated carbocycles. The third-order valence-electron chi connectivity index (χ3n) is 6.24. The summed E-state index contributed by atoms with van der Waals surface area (Å²) in [5.74, 6) is -8.61. The molecule has 0 aromatic heterocycles. The van der Waals surface area contributed by atoms with Gasteiger partial charge in [-0.05, 0) is 22.3 Å². The van der Waals surface area contributed by atoms with Crippen molar-refractivity contribution in [3.8, 4) is 11.1 Å². The van der Waals surface area contributed by atoms with Crippen molar-refractivity contribution in [3.63, 3.8) is 0 Å². The van der Waals surface area contributed by atoms with E-state index in [1.165, 1.54) is 6.92 Å². The molecule has 2 N–H and O–H groups in total. The molecule has 0 bridgehead atoms. The molecule has 0 radical (unpaired) electrons. The Bertz CT molecular complexity index is 1040. The van der Waals surface area contributed by atoms with Crippen LogP contribution in [0.3, 0.4) is 0 Å². The maximum Gasteiger partial charge on any atom is 0.407 e. The molecule has 2 aliphatic rings. The molecule has 174 valence electrons. The van der Waals surface area contributed by atoms with E-state index in [0.29, 0.717) is 0 Å². The van der Waals surface area contributed by atoms with Crippen LogP contribution < -0.4 is 5.32 Å². The Morgan fingerprint density at radius 3 is 2.24 bits per heavy atom. The zero-order valence-electron chi connectivity index (χ0n) is 18.0. The number of amides is 2. The van der Waals surface area contributed by atoms with Crippen LogP contribution in [-0.2, 0) is 14.3 Å². The molecule has 9 heteroatoms. The number of aliphatic carboxylic acids is 1. The molecule has 33 heavy (non-hydrogen) atoms. The van der Waals surface area contributed by atoms with Crippen LogP contribution in [0.1, 0.15) is 24.0 Å². The van der Waals surface area contributed by atoms with Crippen molar-refractivity contribution in [2.24, 2.45) is 11.8 Å². The zero-order valence-corrected chi connectivity index (χ0v) is 18.0. The normalized spacial score (nSPS) is 19.5. The number of nitrogens with zero attached hydrogens (tertiary/aromatic N) is 1. The number of ether oxygens (including phenoxy) is 1. The second kappa shape index (κ2) is 8.80. The molecule has 1 heterocycles. The fraction of sp³-hybridized carbons (Fsp3) is 0.375. The second-order valence-electron chi connectivity index (χ2n) is 8.48. The lowest BCUT2D eigenvalue weighted by Crippen LogP contribution is -2.40. The van der Waals surface area contributed by atoms with E-state index in [-0.39, 0.29) is 19.1 Å². The molecule has 2 aromatic rings. The summed E-state index contributed by atoms with van der Waals surface area (Å²) in [5, 5.41) is 11.4. The van der Waals surface area contributed by atoms with Gasteiger partial charge in [0.25, 0.3) is 5.92 Å². The van der Waals surface area contributed by atoms with Gasteiger partial charge < -0.3 is 20.1 Å². The van der Waals surface area contributed by atoms with Crippen LogP contribution in [0.4, 0.5) is 13.6 Å². The maximum absolute atomic E-state index is 13.8. The number of alkyl halides is 2. The van der Waals surface area contributed by atoms with Crippen LogP contribution in [0.5, 0.6) is 0 Å². The van der Waals surface area contributed by atoms with Gasteiger partial charge in [0.05, 0.1) is 12.5 Å². The average molecular weight is 458 g/mol. The van der Waals surface area contributed by atoms with Gasteiger partial charge in [0.15, 0.2) is 0 Å². The number of alkyl carbamates (subject to hydrolysis) is 1. The molecule has 4 rings (SSSR count). The van der Waals surface area contributed by atoms with Gasteiger partial charge in [-0.1, -0.05) is 55.5 Å². The van der Waals surface area contributed by atoms with Crippen molar-refractivity contribution in [2.45, 2.75) is 18.8 Å². The highest BCUT2D eigenvalue weighted by Crippen LogP contribution is 2.44. The molecule has 7 nitrogen and oxygen atoms in total. The quantitative estimate of drug-likeness (QED) is 0.692. The molecule has 1 fully saturated rings. The first-order valence-electron chi connectivity index (χ1n) is 10.7. The second-order valence-corrected chi connectivity index (χ2v) is 8.48. The van der Waals surface area contributed by atoms with Crippen molar-refractivity contribution < 1.29 is 33.0 Å². The number of carboxylic acid groups (broad SMARTS) is 1. The molecule has 1 aliphatic heterocycles. The number of carbonyl (C=O) groups is 3. The van der Waals surface area contributed by atoms with Gasteiger partial charge in [0.1, 0.15) is 12.5 Å². The molecule has 2 amide bonds. The topological polar surface area (TPSA) is 95.9 Å². The van der Waals surface area contributed by atoms with E-state index in [0.717, 1.165) is 27.2 Å². The molecule has 2 unspecified atom stereocenters. The largest absolute Gasteiger partial charge is 0.481 e. The zero-order chi connectivity index (χ0) is 23.8. The van der Waals surface area contributed by atoms with E-state index in [1.54, 1.807) is 0 Å². The third kappa shape index (κ3) is 4.40. The van der Waals surface area contributed by atoms with Gasteiger partial charge in [0.2, 0.25) is 5.91 Å². The summed E-state index contributed by atoms with van der Waals surface area (Å²) in [6, 6.07) is 15.8. The van der Waals surface area contributed by atoms with Crippen molar-refractivity contribution >= 4 is 18.0 Å². The Morgan fingerprint density at radius 2 is 1.70 bits per heavy atom. The smallest absolute Gasteiger partial charge is 0.407 e. The maximum atomic E-state index is 13.8. The first-order valence-corrected chi connectivity index (χ1v) is 10.7. The number of hydrogen-bond acceptors (Lipinski definition) is 4. The van der Waals surface area contributed by atoms with Crippen LogP contribution in [0, 0.1) is 11.8 Å². The van der Waals surface area contributed by atoms with Gasteiger partial charge in [0, 0.05) is 19.0 Å². The average Bonchev–Trinajstić information content (AvgIpc) is 3.29. The molecular formula is C24H24F2N2O5. The summed E-state index contributed by atoms with van der Waals surface area (Å²) >= 11 is 0. The lowest BCUT2D eigenvalue weighted by molar-refractivity contribution is -0.151. The number of nitrogens with one attached hydrogen (secondary N) is 1. The monoisotopic (exact) mass is 458 g/mol. The van der Waals surface area contributed by atoms with E-state index < -0.39 is 48.8 Å². The van der Waals surface area contributed by atoms with Gasteiger partial charge >= 0.3 is 12.1 Å². The summed E-state index contributed by atoms with van der Waals surface area (Å²) in [6.07, 6.45) is -0.716. The van der Waals surface area contributed by atoms with Gasteiger partial charge in [-0.3, -0.25) is 9.59 Å². The van der Waals surface area contributed by atoms with Crippen LogP contribution >= 0.6 is 0 Å². The summed E-state index contributed by atoms with van der Waals surface area (Å²) in [4.78, 5) is 36.6. The molecule has 0 spiro atoms. The summed E-state index contributed by atoms with van der Waals surface area (Å²) in [7, 11) is 0. The minimum atomic E-state index is -3.48. The first-order chi connectivity index (χ1) is 15.7. The Morgan fingerprint density at radius 1 is 1.12 bits per heavy atom. The van der Waals surface area contributed by atoms with Crippen LogP contribution in [0.2, 0.25) is 0 Å².